The number of para-hydroxylation sites is 1. The van der Waals surface area contributed by atoms with E-state index < -0.39 is 0 Å². The molecular weight excluding hydrogens is 328 g/mol. The van der Waals surface area contributed by atoms with Crippen LogP contribution >= 0.6 is 0 Å². The van der Waals surface area contributed by atoms with E-state index in [2.05, 4.69) is 49.0 Å². The van der Waals surface area contributed by atoms with E-state index in [1.807, 2.05) is 18.2 Å². The molecule has 0 radical (unpaired) electrons. The van der Waals surface area contributed by atoms with Gasteiger partial charge in [-0.05, 0) is 33.8 Å². The molecule has 1 aromatic carbocycles. The van der Waals surface area contributed by atoms with Gasteiger partial charge < -0.3 is 20.5 Å². The van der Waals surface area contributed by atoms with Crippen molar-refractivity contribution in [2.24, 2.45) is 10.7 Å². The molecule has 0 aromatic heterocycles. The first-order valence-corrected chi connectivity index (χ1v) is 9.54. The Bertz CT molecular complexity index is 636. The van der Waals surface area contributed by atoms with Gasteiger partial charge in [-0.25, -0.2) is 0 Å². The Balaban J connectivity index is 1.61. The van der Waals surface area contributed by atoms with Gasteiger partial charge in [-0.3, -0.25) is 9.89 Å². The molecule has 6 heteroatoms. The van der Waals surface area contributed by atoms with Crippen LogP contribution in [0, 0.1) is 0 Å². The number of ether oxygens (including phenoxy) is 2. The van der Waals surface area contributed by atoms with Crippen molar-refractivity contribution < 1.29 is 9.47 Å². The first-order chi connectivity index (χ1) is 12.3. The number of hydrogen-bond donors (Lipinski definition) is 2. The summed E-state index contributed by atoms with van der Waals surface area (Å²) in [6, 6.07) is 8.25. The number of hydrogen-bond acceptors (Lipinski definition) is 4. The third-order valence-electron chi connectivity index (χ3n) is 5.19. The Kier molecular flexibility index (Phi) is 5.73. The molecule has 1 fully saturated rings. The van der Waals surface area contributed by atoms with Crippen molar-refractivity contribution in [3.63, 3.8) is 0 Å². The van der Waals surface area contributed by atoms with Crippen LogP contribution in [0.15, 0.2) is 29.3 Å². The van der Waals surface area contributed by atoms with Gasteiger partial charge >= 0.3 is 0 Å². The Morgan fingerprint density at radius 2 is 1.96 bits per heavy atom. The lowest BCUT2D eigenvalue weighted by Crippen LogP contribution is -2.56. The van der Waals surface area contributed by atoms with Crippen molar-refractivity contribution in [3.05, 3.63) is 29.8 Å². The molecule has 3 rings (SSSR count). The molecule has 2 heterocycles. The normalized spacial score (nSPS) is 27.5. The van der Waals surface area contributed by atoms with Crippen LogP contribution in [-0.4, -0.2) is 54.8 Å². The van der Waals surface area contributed by atoms with E-state index in [0.717, 1.165) is 30.8 Å². The van der Waals surface area contributed by atoms with E-state index in [1.165, 1.54) is 0 Å². The second kappa shape index (κ2) is 7.84. The highest BCUT2D eigenvalue weighted by Gasteiger charge is 2.33. The van der Waals surface area contributed by atoms with Gasteiger partial charge in [-0.15, -0.1) is 0 Å². The molecule has 26 heavy (non-hydrogen) atoms. The highest BCUT2D eigenvalue weighted by molar-refractivity contribution is 5.78. The fraction of sp³-hybridized carbons (Fsp3) is 0.650. The maximum atomic E-state index is 6.21. The lowest BCUT2D eigenvalue weighted by atomic mass is 10.00. The number of rotatable bonds is 4. The Morgan fingerprint density at radius 1 is 1.27 bits per heavy atom. The zero-order chi connectivity index (χ0) is 18.7. The van der Waals surface area contributed by atoms with Crippen molar-refractivity contribution >= 4 is 5.96 Å². The molecule has 6 nitrogen and oxygen atoms in total. The molecule has 1 aromatic rings. The van der Waals surface area contributed by atoms with Gasteiger partial charge in [0.25, 0.3) is 0 Å². The summed E-state index contributed by atoms with van der Waals surface area (Å²) in [4.78, 5) is 7.10. The first-order valence-electron chi connectivity index (χ1n) is 9.54. The molecule has 0 spiro atoms. The number of aliphatic imine (C=N–C) groups is 1. The quantitative estimate of drug-likeness (QED) is 0.637. The first kappa shape index (κ1) is 19.0. The van der Waals surface area contributed by atoms with E-state index >= 15 is 0 Å². The lowest BCUT2D eigenvalue weighted by Gasteiger charge is -2.44. The molecule has 3 unspecified atom stereocenters. The van der Waals surface area contributed by atoms with Gasteiger partial charge in [-0.2, -0.15) is 0 Å². The van der Waals surface area contributed by atoms with Crippen LogP contribution < -0.4 is 15.8 Å². The molecule has 0 aliphatic carbocycles. The zero-order valence-corrected chi connectivity index (χ0v) is 16.4. The number of nitrogens with one attached hydrogen (secondary N) is 1. The molecule has 3 atom stereocenters. The molecule has 2 aliphatic heterocycles. The van der Waals surface area contributed by atoms with Gasteiger partial charge in [0.15, 0.2) is 5.96 Å². The van der Waals surface area contributed by atoms with Crippen LogP contribution in [0.5, 0.6) is 5.75 Å². The summed E-state index contributed by atoms with van der Waals surface area (Å²) in [5, 5.41) is 3.37. The maximum Gasteiger partial charge on any atom is 0.189 e. The van der Waals surface area contributed by atoms with Crippen LogP contribution in [-0.2, 0) is 4.74 Å². The molecule has 2 aliphatic rings. The number of benzene rings is 1. The topological polar surface area (TPSA) is 72.1 Å². The number of nitrogens with two attached hydrogens (primary N) is 1. The highest BCUT2D eigenvalue weighted by Crippen LogP contribution is 2.31. The molecule has 144 valence electrons. The third kappa shape index (κ3) is 4.48. The van der Waals surface area contributed by atoms with Crippen molar-refractivity contribution in [3.8, 4) is 5.75 Å². The summed E-state index contributed by atoms with van der Waals surface area (Å²) in [6.07, 6.45) is 1.38. The molecule has 0 bridgehead atoms. The van der Waals surface area contributed by atoms with Crippen LogP contribution in [0.2, 0.25) is 0 Å². The smallest absolute Gasteiger partial charge is 0.189 e. The van der Waals surface area contributed by atoms with E-state index in [9.17, 15) is 0 Å². The fourth-order valence-electron chi connectivity index (χ4n) is 3.77. The van der Waals surface area contributed by atoms with E-state index in [1.54, 1.807) is 0 Å². The van der Waals surface area contributed by atoms with Gasteiger partial charge in [-0.1, -0.05) is 18.2 Å². The van der Waals surface area contributed by atoms with Crippen LogP contribution in [0.1, 0.15) is 45.7 Å². The van der Waals surface area contributed by atoms with Gasteiger partial charge in [0.2, 0.25) is 0 Å². The summed E-state index contributed by atoms with van der Waals surface area (Å²) < 4.78 is 11.6. The molecule has 1 saturated heterocycles. The Labute approximate surface area is 156 Å². The van der Waals surface area contributed by atoms with Crippen molar-refractivity contribution in [1.82, 2.24) is 10.2 Å². The maximum absolute atomic E-state index is 6.21. The molecule has 0 amide bonds. The standard InChI is InChI=1S/C20H32N4O2/c1-14-11-24(12-15(2)26-14)20(3,4)13-22-19(21)23-17-9-10-25-18-8-6-5-7-16(17)18/h5-8,14-15,17H,9-13H2,1-4H3,(H3,21,22,23). The minimum absolute atomic E-state index is 0.0633. The highest BCUT2D eigenvalue weighted by atomic mass is 16.5. The van der Waals surface area contributed by atoms with Crippen molar-refractivity contribution in [2.45, 2.75) is 57.9 Å². The predicted octanol–water partition coefficient (Wildman–Crippen LogP) is 2.30. The zero-order valence-electron chi connectivity index (χ0n) is 16.4. The molecular formula is C20H32N4O2. The average molecular weight is 361 g/mol. The van der Waals surface area contributed by atoms with Gasteiger partial charge in [0.05, 0.1) is 31.4 Å². The van der Waals surface area contributed by atoms with E-state index in [4.69, 9.17) is 15.2 Å². The number of morpholine rings is 1. The van der Waals surface area contributed by atoms with Crippen LogP contribution in [0.3, 0.4) is 0 Å². The summed E-state index contributed by atoms with van der Waals surface area (Å²) in [5.41, 5.74) is 7.29. The summed E-state index contributed by atoms with van der Waals surface area (Å²) >= 11 is 0. The second-order valence-corrected chi connectivity index (χ2v) is 8.05. The largest absolute Gasteiger partial charge is 0.493 e. The summed E-state index contributed by atoms with van der Waals surface area (Å²) in [5.74, 6) is 1.43. The van der Waals surface area contributed by atoms with Crippen molar-refractivity contribution in [2.75, 3.05) is 26.2 Å². The number of nitrogens with zero attached hydrogens (tertiary/aromatic N) is 2. The van der Waals surface area contributed by atoms with Gasteiger partial charge in [0, 0.05) is 30.6 Å². The fourth-order valence-corrected chi connectivity index (χ4v) is 3.77. The van der Waals surface area contributed by atoms with Gasteiger partial charge in [0.1, 0.15) is 5.75 Å². The third-order valence-corrected chi connectivity index (χ3v) is 5.19. The molecule has 0 saturated carbocycles. The predicted molar refractivity (Wildman–Crippen MR) is 105 cm³/mol. The number of guanidine groups is 1. The SMILES string of the molecule is CC1CN(C(C)(C)CN=C(N)NC2CCOc3ccccc32)CC(C)O1. The Morgan fingerprint density at radius 3 is 2.69 bits per heavy atom. The molecule has 3 N–H and O–H groups in total. The average Bonchev–Trinajstić information content (AvgIpc) is 2.60. The number of fused-ring (bicyclic) bond motifs is 1. The van der Waals surface area contributed by atoms with Crippen LogP contribution in [0.25, 0.3) is 0 Å². The van der Waals surface area contributed by atoms with Crippen LogP contribution in [0.4, 0.5) is 0 Å². The van der Waals surface area contributed by atoms with Crippen molar-refractivity contribution in [1.29, 1.82) is 0 Å². The minimum atomic E-state index is -0.0633. The lowest BCUT2D eigenvalue weighted by molar-refractivity contribution is -0.0939. The van der Waals surface area contributed by atoms with E-state index in [-0.39, 0.29) is 23.8 Å². The minimum Gasteiger partial charge on any atom is -0.493 e. The summed E-state index contributed by atoms with van der Waals surface area (Å²) in [7, 11) is 0. The second-order valence-electron chi connectivity index (χ2n) is 8.05. The Hall–Kier alpha value is -1.79. The summed E-state index contributed by atoms with van der Waals surface area (Å²) in [6.45, 7) is 11.9. The monoisotopic (exact) mass is 360 g/mol. The van der Waals surface area contributed by atoms with E-state index in [0.29, 0.717) is 19.1 Å².